The highest BCUT2D eigenvalue weighted by atomic mass is 19.1. The zero-order valence-electron chi connectivity index (χ0n) is 18.7. The Bertz CT molecular complexity index is 1620. The van der Waals surface area contributed by atoms with Gasteiger partial charge in [0.25, 0.3) is 5.89 Å². The number of nitrogens with one attached hydrogen (secondary N) is 1. The first kappa shape index (κ1) is 22.0. The Kier molecular flexibility index (Phi) is 5.57. The van der Waals surface area contributed by atoms with Crippen molar-refractivity contribution >= 4 is 17.2 Å². The Hall–Kier alpha value is -4.80. The van der Waals surface area contributed by atoms with Crippen LogP contribution in [0.25, 0.3) is 28.5 Å². The molecule has 1 amide bonds. The summed E-state index contributed by atoms with van der Waals surface area (Å²) in [6.07, 6.45) is 1.53. The van der Waals surface area contributed by atoms with Gasteiger partial charge in [0.15, 0.2) is 17.2 Å². The highest BCUT2D eigenvalue weighted by molar-refractivity contribution is 5.90. The van der Waals surface area contributed by atoms with Gasteiger partial charge in [-0.1, -0.05) is 28.9 Å². The number of hydrogen-bond donors (Lipinski definition) is 1. The number of anilines is 1. The number of pyridine rings is 1. The highest BCUT2D eigenvalue weighted by Gasteiger charge is 2.19. The number of rotatable bonds is 6. The Morgan fingerprint density at radius 3 is 2.80 bits per heavy atom. The molecule has 0 radical (unpaired) electrons. The molecular formula is C24H19FN6O4. The number of aromatic nitrogens is 5. The second kappa shape index (κ2) is 8.86. The first-order chi connectivity index (χ1) is 16.9. The van der Waals surface area contributed by atoms with Gasteiger partial charge in [0.2, 0.25) is 11.7 Å². The van der Waals surface area contributed by atoms with Crippen LogP contribution in [-0.2, 0) is 11.3 Å². The van der Waals surface area contributed by atoms with E-state index < -0.39 is 17.4 Å². The van der Waals surface area contributed by atoms with Gasteiger partial charge in [0.05, 0.1) is 12.7 Å². The van der Waals surface area contributed by atoms with Crippen molar-refractivity contribution in [3.8, 4) is 28.6 Å². The summed E-state index contributed by atoms with van der Waals surface area (Å²) in [5, 5.41) is 10.9. The maximum absolute atomic E-state index is 13.9. The number of carbonyl (C=O) groups is 1. The van der Waals surface area contributed by atoms with E-state index >= 15 is 0 Å². The Labute approximate surface area is 197 Å². The number of hydrogen-bond acceptors (Lipinski definition) is 7. The number of methoxy groups -OCH3 is 1. The molecule has 2 aromatic carbocycles. The third-order valence-electron chi connectivity index (χ3n) is 5.27. The summed E-state index contributed by atoms with van der Waals surface area (Å²) in [5.41, 5.74) is 2.22. The van der Waals surface area contributed by atoms with Crippen LogP contribution >= 0.6 is 0 Å². The summed E-state index contributed by atoms with van der Waals surface area (Å²) < 4.78 is 26.5. The van der Waals surface area contributed by atoms with Crippen LogP contribution in [0.5, 0.6) is 5.75 Å². The lowest BCUT2D eigenvalue weighted by Gasteiger charge is -2.07. The third-order valence-corrected chi connectivity index (χ3v) is 5.27. The van der Waals surface area contributed by atoms with Crippen LogP contribution in [0.1, 0.15) is 5.56 Å². The highest BCUT2D eigenvalue weighted by Crippen LogP contribution is 2.25. The van der Waals surface area contributed by atoms with Crippen LogP contribution in [0.2, 0.25) is 0 Å². The van der Waals surface area contributed by atoms with Gasteiger partial charge in [0, 0.05) is 23.5 Å². The van der Waals surface area contributed by atoms with Gasteiger partial charge in [-0.25, -0.2) is 18.3 Å². The summed E-state index contributed by atoms with van der Waals surface area (Å²) in [7, 11) is 1.35. The predicted molar refractivity (Wildman–Crippen MR) is 124 cm³/mol. The van der Waals surface area contributed by atoms with Gasteiger partial charge < -0.3 is 14.6 Å². The molecule has 176 valence electrons. The lowest BCUT2D eigenvalue weighted by Crippen LogP contribution is -2.28. The van der Waals surface area contributed by atoms with E-state index in [1.807, 2.05) is 31.2 Å². The van der Waals surface area contributed by atoms with Crippen molar-refractivity contribution < 1.29 is 18.4 Å². The van der Waals surface area contributed by atoms with Crippen LogP contribution < -0.4 is 15.7 Å². The number of amides is 1. The van der Waals surface area contributed by atoms with E-state index in [-0.39, 0.29) is 29.5 Å². The average molecular weight is 474 g/mol. The molecule has 0 aliphatic carbocycles. The molecule has 0 saturated carbocycles. The molecule has 0 fully saturated rings. The van der Waals surface area contributed by atoms with E-state index in [9.17, 15) is 14.0 Å². The molecule has 5 aromatic rings. The normalized spacial score (nSPS) is 11.1. The number of benzene rings is 2. The second-order valence-electron chi connectivity index (χ2n) is 7.75. The predicted octanol–water partition coefficient (Wildman–Crippen LogP) is 3.31. The molecule has 0 bridgehead atoms. The molecule has 0 saturated heterocycles. The molecule has 5 rings (SSSR count). The minimum absolute atomic E-state index is 0.0543. The van der Waals surface area contributed by atoms with Crippen LogP contribution in [0.4, 0.5) is 10.1 Å². The van der Waals surface area contributed by atoms with Gasteiger partial charge in [-0.2, -0.15) is 4.98 Å². The average Bonchev–Trinajstić information content (AvgIpc) is 3.45. The fourth-order valence-electron chi connectivity index (χ4n) is 3.62. The van der Waals surface area contributed by atoms with Crippen LogP contribution in [0.3, 0.4) is 0 Å². The number of ether oxygens (including phenoxy) is 1. The van der Waals surface area contributed by atoms with E-state index in [1.54, 1.807) is 12.1 Å². The van der Waals surface area contributed by atoms with Crippen molar-refractivity contribution in [3.05, 3.63) is 82.7 Å². The summed E-state index contributed by atoms with van der Waals surface area (Å²) in [6.45, 7) is 1.58. The third kappa shape index (κ3) is 4.26. The Morgan fingerprint density at radius 2 is 2.03 bits per heavy atom. The maximum atomic E-state index is 13.9. The molecule has 35 heavy (non-hydrogen) atoms. The molecule has 3 heterocycles. The van der Waals surface area contributed by atoms with Crippen LogP contribution in [0.15, 0.2) is 70.1 Å². The monoisotopic (exact) mass is 474 g/mol. The lowest BCUT2D eigenvalue weighted by atomic mass is 10.1. The standard InChI is InChI=1S/C24H19FN6O4/c1-14-5-3-6-15(11-14)21-27-23(35-29-21)17-7-4-10-30-22(17)28-31(24(30)33)13-20(32)26-16-8-9-19(34-2)18(25)12-16/h3-12H,13H2,1-2H3,(H,26,32). The van der Waals surface area contributed by atoms with Crippen molar-refractivity contribution in [2.75, 3.05) is 12.4 Å². The molecule has 1 N–H and O–H groups in total. The summed E-state index contributed by atoms with van der Waals surface area (Å²) in [5.74, 6) is -0.537. The topological polar surface area (TPSA) is 117 Å². The Morgan fingerprint density at radius 1 is 1.17 bits per heavy atom. The number of halogens is 1. The van der Waals surface area contributed by atoms with Gasteiger partial charge in [-0.3, -0.25) is 4.79 Å². The molecule has 0 atom stereocenters. The molecule has 10 nitrogen and oxygen atoms in total. The first-order valence-electron chi connectivity index (χ1n) is 10.6. The zero-order chi connectivity index (χ0) is 24.5. The smallest absolute Gasteiger partial charge is 0.350 e. The minimum atomic E-state index is -0.621. The summed E-state index contributed by atoms with van der Waals surface area (Å²) >= 11 is 0. The van der Waals surface area contributed by atoms with E-state index in [0.29, 0.717) is 11.4 Å². The van der Waals surface area contributed by atoms with Crippen molar-refractivity contribution in [1.82, 2.24) is 24.3 Å². The first-order valence-corrected chi connectivity index (χ1v) is 10.6. The number of aryl methyl sites for hydroxylation is 1. The van der Waals surface area contributed by atoms with Crippen molar-refractivity contribution in [2.45, 2.75) is 13.5 Å². The number of nitrogens with zero attached hydrogens (tertiary/aromatic N) is 5. The molecule has 0 aliphatic rings. The fraction of sp³-hybridized carbons (Fsp3) is 0.125. The summed E-state index contributed by atoms with van der Waals surface area (Å²) in [6, 6.07) is 15.0. The SMILES string of the molecule is COc1ccc(NC(=O)Cn2nc3c(-c4nc(-c5cccc(C)c5)no4)cccn3c2=O)cc1F. The molecule has 0 spiro atoms. The van der Waals surface area contributed by atoms with Gasteiger partial charge in [0.1, 0.15) is 6.54 Å². The largest absolute Gasteiger partial charge is 0.494 e. The van der Waals surface area contributed by atoms with E-state index in [4.69, 9.17) is 9.26 Å². The van der Waals surface area contributed by atoms with Gasteiger partial charge >= 0.3 is 5.69 Å². The van der Waals surface area contributed by atoms with Crippen LogP contribution in [0, 0.1) is 12.7 Å². The molecule has 0 aliphatic heterocycles. The minimum Gasteiger partial charge on any atom is -0.494 e. The molecule has 0 unspecified atom stereocenters. The molecular weight excluding hydrogens is 455 g/mol. The van der Waals surface area contributed by atoms with E-state index in [0.717, 1.165) is 21.9 Å². The van der Waals surface area contributed by atoms with Gasteiger partial charge in [-0.15, -0.1) is 5.10 Å². The van der Waals surface area contributed by atoms with Crippen LogP contribution in [-0.4, -0.2) is 37.3 Å². The quantitative estimate of drug-likeness (QED) is 0.401. The van der Waals surface area contributed by atoms with E-state index in [2.05, 4.69) is 20.6 Å². The maximum Gasteiger partial charge on any atom is 0.350 e. The lowest BCUT2D eigenvalue weighted by molar-refractivity contribution is -0.117. The van der Waals surface area contributed by atoms with Crippen molar-refractivity contribution in [1.29, 1.82) is 0 Å². The Balaban J connectivity index is 1.42. The second-order valence-corrected chi connectivity index (χ2v) is 7.75. The van der Waals surface area contributed by atoms with E-state index in [1.165, 1.54) is 29.8 Å². The summed E-state index contributed by atoms with van der Waals surface area (Å²) in [4.78, 5) is 29.8. The van der Waals surface area contributed by atoms with Crippen molar-refractivity contribution in [3.63, 3.8) is 0 Å². The van der Waals surface area contributed by atoms with Crippen molar-refractivity contribution in [2.24, 2.45) is 0 Å². The molecule has 3 aromatic heterocycles. The van der Waals surface area contributed by atoms with Gasteiger partial charge in [-0.05, 0) is 37.3 Å². The zero-order valence-corrected chi connectivity index (χ0v) is 18.7. The number of fused-ring (bicyclic) bond motifs is 1. The number of carbonyl (C=O) groups excluding carboxylic acids is 1. The fourth-order valence-corrected chi connectivity index (χ4v) is 3.62. The molecule has 11 heteroatoms.